The van der Waals surface area contributed by atoms with Crippen molar-refractivity contribution in [2.75, 3.05) is 0 Å². The van der Waals surface area contributed by atoms with E-state index in [-0.39, 0.29) is 5.91 Å². The SMILES string of the molecule is O=C(c1cc(Cl)c(Cl)s1)n1cncn1. The average Bonchev–Trinajstić information content (AvgIpc) is 2.76. The molecule has 0 fully saturated rings. The van der Waals surface area contributed by atoms with Crippen LogP contribution in [0.4, 0.5) is 0 Å². The van der Waals surface area contributed by atoms with Gasteiger partial charge >= 0.3 is 0 Å². The number of hydrogen-bond donors (Lipinski definition) is 0. The molecule has 2 heterocycles. The standard InChI is InChI=1S/C7H3Cl2N3OS/c8-4-1-5(14-6(4)9)7(13)12-3-10-2-11-12/h1-3H. The first-order valence-electron chi connectivity index (χ1n) is 3.52. The van der Waals surface area contributed by atoms with E-state index in [4.69, 9.17) is 23.2 Å². The van der Waals surface area contributed by atoms with Crippen LogP contribution < -0.4 is 0 Å². The second-order valence-electron chi connectivity index (χ2n) is 2.38. The summed E-state index contributed by atoms with van der Waals surface area (Å²) in [5.41, 5.74) is 0. The Morgan fingerprint density at radius 2 is 2.29 bits per heavy atom. The molecular formula is C7H3Cl2N3OS. The van der Waals surface area contributed by atoms with Crippen LogP contribution in [0.3, 0.4) is 0 Å². The minimum atomic E-state index is -0.290. The van der Waals surface area contributed by atoms with Crippen LogP contribution in [0.25, 0.3) is 0 Å². The number of aromatic nitrogens is 3. The highest BCUT2D eigenvalue weighted by atomic mass is 35.5. The van der Waals surface area contributed by atoms with E-state index in [1.54, 1.807) is 0 Å². The number of rotatable bonds is 1. The van der Waals surface area contributed by atoms with Gasteiger partial charge in [-0.15, -0.1) is 11.3 Å². The van der Waals surface area contributed by atoms with Crippen LogP contribution in [0.15, 0.2) is 18.7 Å². The lowest BCUT2D eigenvalue weighted by Crippen LogP contribution is -2.10. The van der Waals surface area contributed by atoms with E-state index in [0.29, 0.717) is 14.2 Å². The van der Waals surface area contributed by atoms with Crippen molar-refractivity contribution >= 4 is 40.4 Å². The Morgan fingerprint density at radius 1 is 1.50 bits per heavy atom. The highest BCUT2D eigenvalue weighted by molar-refractivity contribution is 7.18. The minimum absolute atomic E-state index is 0.290. The number of carbonyl (C=O) groups is 1. The van der Waals surface area contributed by atoms with Gasteiger partial charge in [0.1, 0.15) is 17.0 Å². The summed E-state index contributed by atoms with van der Waals surface area (Å²) in [6.07, 6.45) is 2.61. The predicted molar refractivity (Wildman–Crippen MR) is 54.1 cm³/mol. The van der Waals surface area contributed by atoms with Crippen LogP contribution >= 0.6 is 34.5 Å². The molecule has 0 unspecified atom stereocenters. The highest BCUT2D eigenvalue weighted by Gasteiger charge is 2.14. The summed E-state index contributed by atoms with van der Waals surface area (Å²) < 4.78 is 1.52. The van der Waals surface area contributed by atoms with E-state index in [1.165, 1.54) is 18.7 Å². The van der Waals surface area contributed by atoms with Crippen LogP contribution in [0.1, 0.15) is 9.67 Å². The molecule has 0 N–H and O–H groups in total. The lowest BCUT2D eigenvalue weighted by atomic mass is 10.4. The largest absolute Gasteiger partial charge is 0.289 e. The maximum atomic E-state index is 11.6. The van der Waals surface area contributed by atoms with Gasteiger partial charge in [0.2, 0.25) is 0 Å². The Bertz CT molecular complexity index is 446. The predicted octanol–water partition coefficient (Wildman–Crippen LogP) is 2.33. The second kappa shape index (κ2) is 3.68. The molecular weight excluding hydrogens is 245 g/mol. The molecule has 0 aliphatic rings. The quantitative estimate of drug-likeness (QED) is 0.778. The number of hydrogen-bond acceptors (Lipinski definition) is 4. The van der Waals surface area contributed by atoms with E-state index in [2.05, 4.69) is 10.1 Å². The fourth-order valence-electron chi connectivity index (χ4n) is 0.878. The Balaban J connectivity index is 2.37. The molecule has 0 spiro atoms. The van der Waals surface area contributed by atoms with Gasteiger partial charge in [-0.05, 0) is 6.07 Å². The average molecular weight is 248 g/mol. The van der Waals surface area contributed by atoms with Crippen LogP contribution in [0.5, 0.6) is 0 Å². The molecule has 0 aliphatic carbocycles. The van der Waals surface area contributed by atoms with E-state index < -0.39 is 0 Å². The van der Waals surface area contributed by atoms with Crippen LogP contribution in [-0.2, 0) is 0 Å². The molecule has 14 heavy (non-hydrogen) atoms. The topological polar surface area (TPSA) is 47.8 Å². The molecule has 2 aromatic heterocycles. The minimum Gasteiger partial charge on any atom is -0.266 e. The van der Waals surface area contributed by atoms with E-state index in [9.17, 15) is 4.79 Å². The van der Waals surface area contributed by atoms with Crippen molar-refractivity contribution in [3.05, 3.63) is 33.0 Å². The lowest BCUT2D eigenvalue weighted by Gasteiger charge is -1.93. The van der Waals surface area contributed by atoms with Gasteiger partial charge in [0.25, 0.3) is 5.91 Å². The van der Waals surface area contributed by atoms with E-state index in [1.807, 2.05) is 0 Å². The number of thiophene rings is 1. The Kier molecular flexibility index (Phi) is 2.54. The van der Waals surface area contributed by atoms with E-state index in [0.717, 1.165) is 16.0 Å². The summed E-state index contributed by atoms with van der Waals surface area (Å²) in [4.78, 5) is 15.7. The van der Waals surface area contributed by atoms with Gasteiger partial charge in [-0.25, -0.2) is 4.98 Å². The Labute approximate surface area is 93.1 Å². The summed E-state index contributed by atoms with van der Waals surface area (Å²) in [5.74, 6) is -0.290. The molecule has 72 valence electrons. The zero-order valence-corrected chi connectivity index (χ0v) is 8.97. The van der Waals surface area contributed by atoms with Crippen molar-refractivity contribution in [1.29, 1.82) is 0 Å². The summed E-state index contributed by atoms with van der Waals surface area (Å²) in [6, 6.07) is 1.51. The van der Waals surface area contributed by atoms with Gasteiger partial charge in [0.15, 0.2) is 0 Å². The third kappa shape index (κ3) is 1.66. The monoisotopic (exact) mass is 247 g/mol. The number of carbonyl (C=O) groups excluding carboxylic acids is 1. The molecule has 0 amide bonds. The van der Waals surface area contributed by atoms with Crippen molar-refractivity contribution in [1.82, 2.24) is 14.8 Å². The normalized spacial score (nSPS) is 10.4. The Morgan fingerprint density at radius 3 is 2.79 bits per heavy atom. The smallest absolute Gasteiger partial charge is 0.266 e. The maximum absolute atomic E-state index is 11.6. The molecule has 0 aromatic carbocycles. The molecule has 0 radical (unpaired) electrons. The van der Waals surface area contributed by atoms with Gasteiger partial charge in [-0.2, -0.15) is 9.78 Å². The fraction of sp³-hybridized carbons (Fsp3) is 0. The van der Waals surface area contributed by atoms with Crippen molar-refractivity contribution < 1.29 is 4.79 Å². The molecule has 4 nitrogen and oxygen atoms in total. The second-order valence-corrected chi connectivity index (χ2v) is 4.44. The number of halogens is 2. The molecule has 0 bridgehead atoms. The Hall–Kier alpha value is -0.910. The van der Waals surface area contributed by atoms with E-state index >= 15 is 0 Å². The summed E-state index contributed by atoms with van der Waals surface area (Å²) in [5, 5.41) is 4.08. The third-order valence-electron chi connectivity index (χ3n) is 1.48. The maximum Gasteiger partial charge on any atom is 0.289 e. The molecule has 0 saturated heterocycles. The van der Waals surface area contributed by atoms with Crippen molar-refractivity contribution in [3.63, 3.8) is 0 Å². The molecule has 7 heteroatoms. The fourth-order valence-corrected chi connectivity index (χ4v) is 2.18. The van der Waals surface area contributed by atoms with Gasteiger partial charge in [-0.1, -0.05) is 23.2 Å². The van der Waals surface area contributed by atoms with Crippen molar-refractivity contribution in [2.45, 2.75) is 0 Å². The highest BCUT2D eigenvalue weighted by Crippen LogP contribution is 2.31. The van der Waals surface area contributed by atoms with Crippen molar-refractivity contribution in [2.24, 2.45) is 0 Å². The summed E-state index contributed by atoms with van der Waals surface area (Å²) >= 11 is 12.6. The number of nitrogens with zero attached hydrogens (tertiary/aromatic N) is 3. The first-order chi connectivity index (χ1) is 6.68. The van der Waals surface area contributed by atoms with Crippen LogP contribution in [0, 0.1) is 0 Å². The zero-order valence-electron chi connectivity index (χ0n) is 6.65. The van der Waals surface area contributed by atoms with Crippen LogP contribution in [0.2, 0.25) is 9.36 Å². The van der Waals surface area contributed by atoms with Gasteiger partial charge in [0, 0.05) is 0 Å². The first kappa shape index (κ1) is 9.64. The third-order valence-corrected chi connectivity index (χ3v) is 3.34. The lowest BCUT2D eigenvalue weighted by molar-refractivity contribution is 0.0949. The van der Waals surface area contributed by atoms with Crippen LogP contribution in [-0.4, -0.2) is 20.7 Å². The molecule has 2 aromatic rings. The zero-order chi connectivity index (χ0) is 10.1. The summed E-state index contributed by atoms with van der Waals surface area (Å²) in [6.45, 7) is 0. The van der Waals surface area contributed by atoms with Gasteiger partial charge in [0.05, 0.1) is 9.90 Å². The van der Waals surface area contributed by atoms with Gasteiger partial charge < -0.3 is 0 Å². The molecule has 0 atom stereocenters. The molecule has 0 aliphatic heterocycles. The molecule has 0 saturated carbocycles. The first-order valence-corrected chi connectivity index (χ1v) is 5.10. The summed E-state index contributed by atoms with van der Waals surface area (Å²) in [7, 11) is 0. The molecule has 2 rings (SSSR count). The van der Waals surface area contributed by atoms with Gasteiger partial charge in [-0.3, -0.25) is 4.79 Å². The van der Waals surface area contributed by atoms with Crippen molar-refractivity contribution in [3.8, 4) is 0 Å².